The molecule has 0 aliphatic heterocycles. The Labute approximate surface area is 169 Å². The van der Waals surface area contributed by atoms with Crippen LogP contribution in [0.4, 0.5) is 10.8 Å². The summed E-state index contributed by atoms with van der Waals surface area (Å²) in [6.45, 7) is 0.798. The minimum atomic E-state index is -0.547. The molecule has 0 bridgehead atoms. The van der Waals surface area contributed by atoms with Crippen LogP contribution >= 0.6 is 39.0 Å². The van der Waals surface area contributed by atoms with Gasteiger partial charge in [-0.15, -0.1) is 10.2 Å². The number of ether oxygens (including phenoxy) is 1. The Morgan fingerprint density at radius 2 is 2.00 bits per heavy atom. The first-order valence-electron chi connectivity index (χ1n) is 7.97. The molecule has 1 atom stereocenters. The van der Waals surface area contributed by atoms with Crippen LogP contribution in [-0.2, 0) is 11.3 Å². The lowest BCUT2D eigenvalue weighted by Crippen LogP contribution is -2.17. The fourth-order valence-corrected chi connectivity index (χ4v) is 4.21. The van der Waals surface area contributed by atoms with E-state index in [1.165, 1.54) is 23.1 Å². The van der Waals surface area contributed by atoms with Gasteiger partial charge in [0.2, 0.25) is 5.13 Å². The summed E-state index contributed by atoms with van der Waals surface area (Å²) in [6.07, 6.45) is -0.547. The first-order chi connectivity index (χ1) is 12.7. The molecule has 0 fully saturated rings. The fourth-order valence-electron chi connectivity index (χ4n) is 2.11. The monoisotopic (exact) mass is 451 g/mol. The maximum absolute atomic E-state index is 10.1. The molecule has 1 aromatic heterocycles. The minimum absolute atomic E-state index is 0.295. The average Bonchev–Trinajstić information content (AvgIpc) is 3.08. The molecule has 8 heteroatoms. The second-order valence-corrected chi connectivity index (χ2v) is 8.63. The van der Waals surface area contributed by atoms with Crippen molar-refractivity contribution in [3.05, 3.63) is 64.6 Å². The van der Waals surface area contributed by atoms with Gasteiger partial charge < -0.3 is 15.2 Å². The highest BCUT2D eigenvalue weighted by molar-refractivity contribution is 9.10. The van der Waals surface area contributed by atoms with Crippen molar-refractivity contribution in [2.45, 2.75) is 17.1 Å². The van der Waals surface area contributed by atoms with E-state index in [-0.39, 0.29) is 0 Å². The molecule has 1 heterocycles. The fraction of sp³-hybridized carbons (Fsp3) is 0.222. The zero-order chi connectivity index (χ0) is 18.2. The van der Waals surface area contributed by atoms with E-state index in [0.29, 0.717) is 19.0 Å². The lowest BCUT2D eigenvalue weighted by Gasteiger charge is -2.10. The van der Waals surface area contributed by atoms with Crippen LogP contribution in [0.25, 0.3) is 0 Å². The van der Waals surface area contributed by atoms with E-state index in [1.807, 2.05) is 54.6 Å². The maximum atomic E-state index is 10.1. The number of hydrogen-bond donors (Lipinski definition) is 2. The van der Waals surface area contributed by atoms with Gasteiger partial charge in [0.25, 0.3) is 0 Å². The number of halogens is 1. The molecule has 5 nitrogen and oxygen atoms in total. The summed E-state index contributed by atoms with van der Waals surface area (Å²) in [7, 11) is 0. The predicted molar refractivity (Wildman–Crippen MR) is 110 cm³/mol. The van der Waals surface area contributed by atoms with Gasteiger partial charge in [-0.1, -0.05) is 75.4 Å². The smallest absolute Gasteiger partial charge is 0.210 e. The molecule has 3 rings (SSSR count). The van der Waals surface area contributed by atoms with Crippen molar-refractivity contribution < 1.29 is 9.84 Å². The number of nitrogens with one attached hydrogen (secondary N) is 1. The maximum Gasteiger partial charge on any atom is 0.210 e. The molecule has 0 aliphatic rings. The molecular formula is C18H18BrN3O2S2. The van der Waals surface area contributed by atoms with Crippen LogP contribution in [-0.4, -0.2) is 33.8 Å². The third kappa shape index (κ3) is 6.37. The molecule has 136 valence electrons. The quantitative estimate of drug-likeness (QED) is 0.459. The molecular weight excluding hydrogens is 434 g/mol. The molecule has 0 amide bonds. The molecule has 2 aromatic carbocycles. The summed E-state index contributed by atoms with van der Waals surface area (Å²) in [4.78, 5) is 0. The van der Waals surface area contributed by atoms with Crippen molar-refractivity contribution in [2.75, 3.05) is 17.7 Å². The summed E-state index contributed by atoms with van der Waals surface area (Å²) < 4.78 is 7.36. The Hall–Kier alpha value is -1.45. The van der Waals surface area contributed by atoms with Gasteiger partial charge in [-0.05, 0) is 23.8 Å². The van der Waals surface area contributed by atoms with Crippen molar-refractivity contribution in [1.29, 1.82) is 0 Å². The standard InChI is InChI=1S/C18H18BrN3O2S2/c19-14-7-4-8-15(9-14)20-17-21-22-18(26-17)25-12-16(23)11-24-10-13-5-2-1-3-6-13/h1-9,16,23H,10-12H2,(H,20,21)/t16-/m1/s1. The third-order valence-corrected chi connectivity index (χ3v) is 5.91. The highest BCUT2D eigenvalue weighted by Gasteiger charge is 2.10. The first-order valence-corrected chi connectivity index (χ1v) is 10.6. The van der Waals surface area contributed by atoms with E-state index in [0.717, 1.165) is 25.2 Å². The predicted octanol–water partition coefficient (Wildman–Crippen LogP) is 4.71. The molecule has 0 aliphatic carbocycles. The first kappa shape index (κ1) is 19.3. The number of benzene rings is 2. The summed E-state index contributed by atoms with van der Waals surface area (Å²) >= 11 is 6.37. The zero-order valence-electron chi connectivity index (χ0n) is 13.8. The molecule has 0 saturated heterocycles. The molecule has 0 radical (unpaired) electrons. The Morgan fingerprint density at radius 3 is 2.81 bits per heavy atom. The van der Waals surface area contributed by atoms with Crippen LogP contribution in [0.1, 0.15) is 5.56 Å². The van der Waals surface area contributed by atoms with Crippen molar-refractivity contribution >= 4 is 49.8 Å². The topological polar surface area (TPSA) is 67.3 Å². The summed E-state index contributed by atoms with van der Waals surface area (Å²) in [6, 6.07) is 17.8. The average molecular weight is 452 g/mol. The number of aromatic nitrogens is 2. The number of aliphatic hydroxyl groups excluding tert-OH is 1. The Balaban J connectivity index is 1.40. The van der Waals surface area contributed by atoms with Gasteiger partial charge in [-0.25, -0.2) is 0 Å². The Kier molecular flexibility index (Phi) is 7.45. The molecule has 0 saturated carbocycles. The lowest BCUT2D eigenvalue weighted by molar-refractivity contribution is 0.0398. The molecule has 0 spiro atoms. The molecule has 2 N–H and O–H groups in total. The van der Waals surface area contributed by atoms with E-state index >= 15 is 0 Å². The number of hydrogen-bond acceptors (Lipinski definition) is 7. The van der Waals surface area contributed by atoms with E-state index in [2.05, 4.69) is 31.4 Å². The van der Waals surface area contributed by atoms with E-state index < -0.39 is 6.10 Å². The number of thioether (sulfide) groups is 1. The summed E-state index contributed by atoms with van der Waals surface area (Å²) in [5, 5.41) is 22.3. The van der Waals surface area contributed by atoms with Gasteiger partial charge in [-0.3, -0.25) is 0 Å². The Morgan fingerprint density at radius 1 is 1.15 bits per heavy atom. The van der Waals surface area contributed by atoms with Crippen molar-refractivity contribution in [1.82, 2.24) is 10.2 Å². The second kappa shape index (κ2) is 10.0. The lowest BCUT2D eigenvalue weighted by atomic mass is 10.2. The zero-order valence-corrected chi connectivity index (χ0v) is 17.1. The van der Waals surface area contributed by atoms with Crippen LogP contribution in [0.3, 0.4) is 0 Å². The van der Waals surface area contributed by atoms with E-state index in [9.17, 15) is 5.11 Å². The number of nitrogens with zero attached hydrogens (tertiary/aromatic N) is 2. The van der Waals surface area contributed by atoms with Crippen LogP contribution in [0.5, 0.6) is 0 Å². The van der Waals surface area contributed by atoms with E-state index in [4.69, 9.17) is 4.74 Å². The summed E-state index contributed by atoms with van der Waals surface area (Å²) in [5.41, 5.74) is 2.04. The molecule has 0 unspecified atom stereocenters. The van der Waals surface area contributed by atoms with Gasteiger partial charge in [-0.2, -0.15) is 0 Å². The van der Waals surface area contributed by atoms with Crippen molar-refractivity contribution in [2.24, 2.45) is 0 Å². The van der Waals surface area contributed by atoms with Gasteiger partial charge in [0.1, 0.15) is 0 Å². The van der Waals surface area contributed by atoms with Crippen molar-refractivity contribution in [3.63, 3.8) is 0 Å². The largest absolute Gasteiger partial charge is 0.390 e. The van der Waals surface area contributed by atoms with Gasteiger partial charge in [0.15, 0.2) is 4.34 Å². The van der Waals surface area contributed by atoms with Crippen LogP contribution in [0, 0.1) is 0 Å². The van der Waals surface area contributed by atoms with Gasteiger partial charge >= 0.3 is 0 Å². The second-order valence-electron chi connectivity index (χ2n) is 5.47. The van der Waals surface area contributed by atoms with Crippen molar-refractivity contribution in [3.8, 4) is 0 Å². The summed E-state index contributed by atoms with van der Waals surface area (Å²) in [5.74, 6) is 0.514. The minimum Gasteiger partial charge on any atom is -0.390 e. The van der Waals surface area contributed by atoms with Crippen LogP contribution in [0.2, 0.25) is 0 Å². The van der Waals surface area contributed by atoms with Crippen LogP contribution < -0.4 is 5.32 Å². The Bertz CT molecular complexity index is 817. The van der Waals surface area contributed by atoms with Gasteiger partial charge in [0, 0.05) is 15.9 Å². The normalized spacial score (nSPS) is 12.1. The highest BCUT2D eigenvalue weighted by atomic mass is 79.9. The third-order valence-electron chi connectivity index (χ3n) is 3.30. The number of aliphatic hydroxyl groups is 1. The molecule has 26 heavy (non-hydrogen) atoms. The highest BCUT2D eigenvalue weighted by Crippen LogP contribution is 2.28. The van der Waals surface area contributed by atoms with E-state index in [1.54, 1.807) is 0 Å². The van der Waals surface area contributed by atoms with Crippen LogP contribution in [0.15, 0.2) is 63.4 Å². The molecule has 3 aromatic rings. The number of rotatable bonds is 9. The SMILES string of the molecule is O[C@H](COCc1ccccc1)CSc1nnc(Nc2cccc(Br)c2)s1. The van der Waals surface area contributed by atoms with Gasteiger partial charge in [0.05, 0.1) is 19.3 Å². The number of anilines is 2.